The van der Waals surface area contributed by atoms with Gasteiger partial charge in [-0.3, -0.25) is 9.59 Å². The highest BCUT2D eigenvalue weighted by atomic mass is 35.5. The quantitative estimate of drug-likeness (QED) is 0.592. The molecule has 5 N–H and O–H groups in total. The van der Waals surface area contributed by atoms with Gasteiger partial charge in [0.2, 0.25) is 5.91 Å². The standard InChI is InChI=1S/C17H15ClFN3O2.C2HF3O2/c18-10-2-4-15-12(8-10)14(20)5-6-22(15)17(24)11-7-9(16(21)23)1-3-13(11)19;3-2(4,5)1(6)7/h1-4,7-8,14H,5-6,20H2,(H2,21,23);(H,6,7). The lowest BCUT2D eigenvalue weighted by Crippen LogP contribution is -2.38. The molecular weight excluding hydrogens is 446 g/mol. The van der Waals surface area contributed by atoms with E-state index in [1.54, 1.807) is 18.2 Å². The summed E-state index contributed by atoms with van der Waals surface area (Å²) in [6, 6.07) is 8.27. The molecule has 1 aliphatic rings. The minimum Gasteiger partial charge on any atom is -0.475 e. The molecule has 2 aromatic carbocycles. The molecule has 12 heteroatoms. The molecule has 1 unspecified atom stereocenters. The second kappa shape index (κ2) is 9.31. The van der Waals surface area contributed by atoms with E-state index in [0.29, 0.717) is 23.7 Å². The molecule has 2 amide bonds. The van der Waals surface area contributed by atoms with Crippen LogP contribution >= 0.6 is 11.6 Å². The number of anilines is 1. The van der Waals surface area contributed by atoms with Crippen LogP contribution in [-0.2, 0) is 4.79 Å². The van der Waals surface area contributed by atoms with Gasteiger partial charge in [0.15, 0.2) is 0 Å². The van der Waals surface area contributed by atoms with Crippen molar-refractivity contribution in [2.24, 2.45) is 11.5 Å². The van der Waals surface area contributed by atoms with Crippen LogP contribution in [0.15, 0.2) is 36.4 Å². The van der Waals surface area contributed by atoms with Crippen LogP contribution in [0.2, 0.25) is 5.02 Å². The maximum absolute atomic E-state index is 14.1. The monoisotopic (exact) mass is 461 g/mol. The molecule has 7 nitrogen and oxygen atoms in total. The summed E-state index contributed by atoms with van der Waals surface area (Å²) < 4.78 is 45.8. The Kier molecular flexibility index (Phi) is 7.24. The molecule has 0 bridgehead atoms. The number of nitrogens with zero attached hydrogens (tertiary/aromatic N) is 1. The number of carbonyl (C=O) groups excluding carboxylic acids is 2. The van der Waals surface area contributed by atoms with Crippen LogP contribution in [0.1, 0.15) is 38.7 Å². The third-order valence-corrected chi connectivity index (χ3v) is 4.55. The summed E-state index contributed by atoms with van der Waals surface area (Å²) in [5, 5.41) is 7.64. The van der Waals surface area contributed by atoms with Gasteiger partial charge < -0.3 is 21.5 Å². The Labute approximate surface area is 178 Å². The number of carboxylic acids is 1. The molecule has 166 valence electrons. The van der Waals surface area contributed by atoms with Crippen molar-refractivity contribution in [2.75, 3.05) is 11.4 Å². The Balaban J connectivity index is 0.000000423. The van der Waals surface area contributed by atoms with Gasteiger partial charge in [-0.2, -0.15) is 13.2 Å². The minimum atomic E-state index is -5.08. The van der Waals surface area contributed by atoms with E-state index in [-0.39, 0.29) is 17.2 Å². The average molecular weight is 462 g/mol. The fourth-order valence-corrected chi connectivity index (χ4v) is 2.99. The number of fused-ring (bicyclic) bond motifs is 1. The van der Waals surface area contributed by atoms with Crippen molar-refractivity contribution in [1.29, 1.82) is 0 Å². The summed E-state index contributed by atoms with van der Waals surface area (Å²) in [6.07, 6.45) is -4.56. The zero-order chi connectivity index (χ0) is 23.5. The van der Waals surface area contributed by atoms with Crippen molar-refractivity contribution in [3.63, 3.8) is 0 Å². The van der Waals surface area contributed by atoms with Crippen LogP contribution in [0.25, 0.3) is 0 Å². The zero-order valence-corrected chi connectivity index (χ0v) is 16.4. The number of primary amides is 1. The van der Waals surface area contributed by atoms with Gasteiger partial charge in [-0.1, -0.05) is 11.6 Å². The first-order chi connectivity index (χ1) is 14.3. The van der Waals surface area contributed by atoms with Crippen molar-refractivity contribution in [1.82, 2.24) is 0 Å². The van der Waals surface area contributed by atoms with E-state index in [9.17, 15) is 27.2 Å². The number of rotatable bonds is 2. The second-order valence-electron chi connectivity index (χ2n) is 6.42. The topological polar surface area (TPSA) is 127 Å². The molecule has 2 aromatic rings. The van der Waals surface area contributed by atoms with E-state index in [2.05, 4.69) is 0 Å². The van der Waals surface area contributed by atoms with Gasteiger partial charge in [0, 0.05) is 28.9 Å². The SMILES string of the molecule is NC(=O)c1ccc(F)c(C(=O)N2CCC(N)c3cc(Cl)ccc32)c1.O=C(O)C(F)(F)F. The largest absolute Gasteiger partial charge is 0.490 e. The molecule has 0 fully saturated rings. The van der Waals surface area contributed by atoms with E-state index >= 15 is 0 Å². The van der Waals surface area contributed by atoms with E-state index in [0.717, 1.165) is 11.6 Å². The number of benzene rings is 2. The van der Waals surface area contributed by atoms with Crippen molar-refractivity contribution in [3.05, 3.63) is 63.9 Å². The maximum atomic E-state index is 14.1. The highest BCUT2D eigenvalue weighted by Gasteiger charge is 2.38. The van der Waals surface area contributed by atoms with E-state index < -0.39 is 29.8 Å². The van der Waals surface area contributed by atoms with Crippen LogP contribution in [0.5, 0.6) is 0 Å². The molecule has 0 spiro atoms. The van der Waals surface area contributed by atoms with Crippen molar-refractivity contribution >= 4 is 35.1 Å². The molecule has 31 heavy (non-hydrogen) atoms. The Morgan fingerprint density at radius 2 is 1.74 bits per heavy atom. The number of aliphatic carboxylic acids is 1. The van der Waals surface area contributed by atoms with Crippen LogP contribution in [0.3, 0.4) is 0 Å². The van der Waals surface area contributed by atoms with Crippen LogP contribution < -0.4 is 16.4 Å². The van der Waals surface area contributed by atoms with Crippen LogP contribution in [0.4, 0.5) is 23.2 Å². The molecule has 1 heterocycles. The smallest absolute Gasteiger partial charge is 0.475 e. The molecule has 3 rings (SSSR count). The van der Waals surface area contributed by atoms with Crippen molar-refractivity contribution in [3.8, 4) is 0 Å². The van der Waals surface area contributed by atoms with Gasteiger partial charge in [-0.05, 0) is 48.4 Å². The first-order valence-electron chi connectivity index (χ1n) is 8.59. The third kappa shape index (κ3) is 5.70. The lowest BCUT2D eigenvalue weighted by molar-refractivity contribution is -0.192. The molecule has 0 radical (unpaired) electrons. The number of nitrogens with two attached hydrogens (primary N) is 2. The number of carbonyl (C=O) groups is 3. The summed E-state index contributed by atoms with van der Waals surface area (Å²) in [4.78, 5) is 34.4. The first-order valence-corrected chi connectivity index (χ1v) is 8.97. The Morgan fingerprint density at radius 1 is 1.13 bits per heavy atom. The fourth-order valence-electron chi connectivity index (χ4n) is 2.81. The third-order valence-electron chi connectivity index (χ3n) is 4.31. The van der Waals surface area contributed by atoms with Crippen molar-refractivity contribution in [2.45, 2.75) is 18.6 Å². The van der Waals surface area contributed by atoms with Crippen LogP contribution in [0, 0.1) is 5.82 Å². The second-order valence-corrected chi connectivity index (χ2v) is 6.85. The number of hydrogen-bond acceptors (Lipinski definition) is 4. The Hall–Kier alpha value is -3.18. The number of carboxylic acid groups (broad SMARTS) is 1. The summed E-state index contributed by atoms with van der Waals surface area (Å²) in [6.45, 7) is 0.342. The Morgan fingerprint density at radius 3 is 2.29 bits per heavy atom. The fraction of sp³-hybridized carbons (Fsp3) is 0.211. The number of halogens is 5. The maximum Gasteiger partial charge on any atom is 0.490 e. The number of alkyl halides is 3. The minimum absolute atomic E-state index is 0.0739. The van der Waals surface area contributed by atoms with Gasteiger partial charge in [0.05, 0.1) is 5.56 Å². The lowest BCUT2D eigenvalue weighted by atomic mass is 9.96. The molecule has 1 atom stereocenters. The van der Waals surface area contributed by atoms with Gasteiger partial charge >= 0.3 is 12.1 Å². The zero-order valence-electron chi connectivity index (χ0n) is 15.6. The summed E-state index contributed by atoms with van der Waals surface area (Å²) in [5.74, 6) is -4.74. The van der Waals surface area contributed by atoms with E-state index in [1.165, 1.54) is 17.0 Å². The predicted molar refractivity (Wildman–Crippen MR) is 103 cm³/mol. The van der Waals surface area contributed by atoms with Gasteiger partial charge in [-0.25, -0.2) is 9.18 Å². The summed E-state index contributed by atoms with van der Waals surface area (Å²) >= 11 is 6.00. The van der Waals surface area contributed by atoms with Crippen molar-refractivity contribution < 1.29 is 37.1 Å². The number of hydrogen-bond donors (Lipinski definition) is 3. The lowest BCUT2D eigenvalue weighted by Gasteiger charge is -2.33. The summed E-state index contributed by atoms with van der Waals surface area (Å²) in [5.41, 5.74) is 12.5. The molecule has 1 aliphatic heterocycles. The summed E-state index contributed by atoms with van der Waals surface area (Å²) in [7, 11) is 0. The normalized spacial score (nSPS) is 15.4. The van der Waals surface area contributed by atoms with E-state index in [4.69, 9.17) is 33.0 Å². The first kappa shape index (κ1) is 24.1. The average Bonchev–Trinajstić information content (AvgIpc) is 2.68. The molecular formula is C19H16ClF4N3O4. The molecule has 0 aliphatic carbocycles. The predicted octanol–water partition coefficient (Wildman–Crippen LogP) is 3.26. The molecule has 0 aromatic heterocycles. The Bertz CT molecular complexity index is 1030. The highest BCUT2D eigenvalue weighted by molar-refractivity contribution is 6.30. The number of amides is 2. The van der Waals surface area contributed by atoms with Crippen LogP contribution in [-0.4, -0.2) is 35.6 Å². The molecule has 0 saturated heterocycles. The van der Waals surface area contributed by atoms with E-state index in [1.807, 2.05) is 0 Å². The van der Waals surface area contributed by atoms with Gasteiger partial charge in [-0.15, -0.1) is 0 Å². The van der Waals surface area contributed by atoms with Gasteiger partial charge in [0.1, 0.15) is 5.82 Å². The van der Waals surface area contributed by atoms with Gasteiger partial charge in [0.25, 0.3) is 5.91 Å². The highest BCUT2D eigenvalue weighted by Crippen LogP contribution is 2.35. The molecule has 0 saturated carbocycles.